The summed E-state index contributed by atoms with van der Waals surface area (Å²) < 4.78 is 2.07. The average Bonchev–Trinajstić information content (AvgIpc) is 2.74. The van der Waals surface area contributed by atoms with Gasteiger partial charge in [0, 0.05) is 24.3 Å². The third-order valence-electron chi connectivity index (χ3n) is 4.61. The van der Waals surface area contributed by atoms with Crippen LogP contribution in [0.4, 0.5) is 5.69 Å². The molecule has 0 unspecified atom stereocenters. The Hall–Kier alpha value is -2.10. The molecule has 1 aromatic carbocycles. The number of aryl methyl sites for hydroxylation is 4. The van der Waals surface area contributed by atoms with Gasteiger partial charge in [-0.25, -0.2) is 0 Å². The lowest BCUT2D eigenvalue weighted by Crippen LogP contribution is -2.15. The third-order valence-corrected chi connectivity index (χ3v) is 4.61. The molecule has 0 saturated heterocycles. The Morgan fingerprint density at radius 1 is 1.12 bits per heavy atom. The fraction of sp³-hybridized carbons (Fsp3) is 0.524. The van der Waals surface area contributed by atoms with Crippen molar-refractivity contribution in [3.8, 4) is 0 Å². The number of rotatable bonds is 6. The minimum atomic E-state index is 0.0606. The van der Waals surface area contributed by atoms with Gasteiger partial charge in [-0.3, -0.25) is 9.48 Å². The van der Waals surface area contributed by atoms with Gasteiger partial charge in [-0.15, -0.1) is 0 Å². The van der Waals surface area contributed by atoms with Crippen LogP contribution in [-0.4, -0.2) is 15.7 Å². The van der Waals surface area contributed by atoms with E-state index in [0.29, 0.717) is 12.3 Å². The summed E-state index contributed by atoms with van der Waals surface area (Å²) in [6.45, 7) is 15.6. The van der Waals surface area contributed by atoms with Crippen LogP contribution in [0.25, 0.3) is 0 Å². The van der Waals surface area contributed by atoms with E-state index in [4.69, 9.17) is 0 Å². The minimum Gasteiger partial charge on any atom is -0.326 e. The highest BCUT2D eigenvalue weighted by atomic mass is 16.1. The second-order valence-electron chi connectivity index (χ2n) is 7.55. The number of nitrogens with one attached hydrogen (secondary N) is 1. The summed E-state index contributed by atoms with van der Waals surface area (Å²) >= 11 is 0. The first-order chi connectivity index (χ1) is 11.7. The van der Waals surface area contributed by atoms with Crippen LogP contribution in [0.1, 0.15) is 53.9 Å². The van der Waals surface area contributed by atoms with Crippen LogP contribution < -0.4 is 5.32 Å². The molecule has 0 spiro atoms. The van der Waals surface area contributed by atoms with Gasteiger partial charge in [-0.05, 0) is 63.6 Å². The summed E-state index contributed by atoms with van der Waals surface area (Å²) in [6.07, 6.45) is 1.20. The van der Waals surface area contributed by atoms with Crippen LogP contribution in [0, 0.1) is 40.5 Å². The smallest absolute Gasteiger partial charge is 0.224 e. The van der Waals surface area contributed by atoms with Gasteiger partial charge in [0.05, 0.1) is 5.69 Å². The van der Waals surface area contributed by atoms with Gasteiger partial charge in [0.1, 0.15) is 0 Å². The zero-order valence-electron chi connectivity index (χ0n) is 16.7. The molecule has 2 rings (SSSR count). The Labute approximate surface area is 151 Å². The SMILES string of the molecule is Cc1cc(C)c(NC(=O)CCc2c(C)nn(CC(C)C)c2C)c(C)c1. The lowest BCUT2D eigenvalue weighted by atomic mass is 10.0. The van der Waals surface area contributed by atoms with Gasteiger partial charge >= 0.3 is 0 Å². The summed E-state index contributed by atoms with van der Waals surface area (Å²) in [5.74, 6) is 0.618. The quantitative estimate of drug-likeness (QED) is 0.831. The van der Waals surface area contributed by atoms with E-state index in [2.05, 4.69) is 54.9 Å². The van der Waals surface area contributed by atoms with Crippen molar-refractivity contribution in [2.24, 2.45) is 5.92 Å². The van der Waals surface area contributed by atoms with E-state index in [1.54, 1.807) is 0 Å². The van der Waals surface area contributed by atoms with E-state index in [1.807, 2.05) is 20.8 Å². The second-order valence-corrected chi connectivity index (χ2v) is 7.55. The fourth-order valence-corrected chi connectivity index (χ4v) is 3.44. The van der Waals surface area contributed by atoms with E-state index >= 15 is 0 Å². The fourth-order valence-electron chi connectivity index (χ4n) is 3.44. The van der Waals surface area contributed by atoms with Crippen LogP contribution in [0.15, 0.2) is 12.1 Å². The lowest BCUT2D eigenvalue weighted by molar-refractivity contribution is -0.116. The third kappa shape index (κ3) is 4.71. The number of hydrogen-bond donors (Lipinski definition) is 1. The van der Waals surface area contributed by atoms with E-state index in [-0.39, 0.29) is 5.91 Å². The molecule has 1 amide bonds. The highest BCUT2D eigenvalue weighted by Crippen LogP contribution is 2.23. The van der Waals surface area contributed by atoms with Crippen molar-refractivity contribution in [1.29, 1.82) is 0 Å². The Balaban J connectivity index is 2.05. The number of benzene rings is 1. The standard InChI is InChI=1S/C21H31N3O/c1-13(2)12-24-18(7)19(17(6)23-24)8-9-20(25)22-21-15(4)10-14(3)11-16(21)5/h10-11,13H,8-9,12H2,1-7H3,(H,22,25). The van der Waals surface area contributed by atoms with E-state index in [0.717, 1.165) is 35.5 Å². The summed E-state index contributed by atoms with van der Waals surface area (Å²) in [5.41, 5.74) is 7.81. The Kier molecular flexibility index (Phi) is 6.04. The molecule has 25 heavy (non-hydrogen) atoms. The number of anilines is 1. The molecule has 0 saturated carbocycles. The maximum absolute atomic E-state index is 12.4. The molecule has 0 aliphatic rings. The first-order valence-electron chi connectivity index (χ1n) is 9.09. The van der Waals surface area contributed by atoms with Crippen LogP contribution in [0.3, 0.4) is 0 Å². The monoisotopic (exact) mass is 341 g/mol. The molecular weight excluding hydrogens is 310 g/mol. The molecule has 0 atom stereocenters. The summed E-state index contributed by atoms with van der Waals surface area (Å²) in [5, 5.41) is 7.72. The maximum atomic E-state index is 12.4. The van der Waals surface area contributed by atoms with E-state index in [1.165, 1.54) is 16.8 Å². The van der Waals surface area contributed by atoms with Gasteiger partial charge in [-0.1, -0.05) is 31.5 Å². The molecule has 136 valence electrons. The molecule has 1 N–H and O–H groups in total. The highest BCUT2D eigenvalue weighted by molar-refractivity contribution is 5.92. The van der Waals surface area contributed by atoms with Crippen LogP contribution in [0.5, 0.6) is 0 Å². The summed E-state index contributed by atoms with van der Waals surface area (Å²) in [6, 6.07) is 4.21. The maximum Gasteiger partial charge on any atom is 0.224 e. The highest BCUT2D eigenvalue weighted by Gasteiger charge is 2.14. The molecule has 0 fully saturated rings. The van der Waals surface area contributed by atoms with Crippen molar-refractivity contribution in [3.63, 3.8) is 0 Å². The molecule has 0 aliphatic carbocycles. The van der Waals surface area contributed by atoms with Crippen LogP contribution in [0.2, 0.25) is 0 Å². The van der Waals surface area contributed by atoms with Gasteiger partial charge in [0.15, 0.2) is 0 Å². The predicted octanol–water partition coefficient (Wildman–Crippen LogP) is 4.65. The van der Waals surface area contributed by atoms with Gasteiger partial charge in [0.25, 0.3) is 0 Å². The van der Waals surface area contributed by atoms with Crippen molar-refractivity contribution in [2.75, 3.05) is 5.32 Å². The zero-order valence-corrected chi connectivity index (χ0v) is 16.7. The van der Waals surface area contributed by atoms with Crippen molar-refractivity contribution in [2.45, 2.75) is 67.9 Å². The Morgan fingerprint density at radius 2 is 1.72 bits per heavy atom. The molecule has 4 heteroatoms. The number of hydrogen-bond acceptors (Lipinski definition) is 2. The zero-order chi connectivity index (χ0) is 18.7. The average molecular weight is 341 g/mol. The van der Waals surface area contributed by atoms with E-state index in [9.17, 15) is 4.79 Å². The van der Waals surface area contributed by atoms with Crippen molar-refractivity contribution in [3.05, 3.63) is 45.8 Å². The number of carbonyl (C=O) groups is 1. The normalized spacial score (nSPS) is 11.2. The molecule has 0 radical (unpaired) electrons. The Morgan fingerprint density at radius 3 is 2.28 bits per heavy atom. The van der Waals surface area contributed by atoms with Crippen molar-refractivity contribution >= 4 is 11.6 Å². The van der Waals surface area contributed by atoms with E-state index < -0.39 is 0 Å². The molecular formula is C21H31N3O. The first kappa shape index (κ1) is 19.2. The van der Waals surface area contributed by atoms with Crippen molar-refractivity contribution < 1.29 is 4.79 Å². The predicted molar refractivity (Wildman–Crippen MR) is 104 cm³/mol. The minimum absolute atomic E-state index is 0.0606. The number of nitrogens with zero attached hydrogens (tertiary/aromatic N) is 2. The molecule has 0 aliphatic heterocycles. The molecule has 0 bridgehead atoms. The molecule has 1 heterocycles. The lowest BCUT2D eigenvalue weighted by Gasteiger charge is -2.13. The Bertz CT molecular complexity index is 749. The number of aromatic nitrogens is 2. The van der Waals surface area contributed by atoms with Crippen LogP contribution >= 0.6 is 0 Å². The molecule has 4 nitrogen and oxygen atoms in total. The largest absolute Gasteiger partial charge is 0.326 e. The molecule has 2 aromatic rings. The topological polar surface area (TPSA) is 46.9 Å². The number of amides is 1. The molecule has 1 aromatic heterocycles. The number of carbonyl (C=O) groups excluding carboxylic acids is 1. The van der Waals surface area contributed by atoms with Crippen LogP contribution in [-0.2, 0) is 17.8 Å². The first-order valence-corrected chi connectivity index (χ1v) is 9.09. The van der Waals surface area contributed by atoms with Crippen molar-refractivity contribution in [1.82, 2.24) is 9.78 Å². The summed E-state index contributed by atoms with van der Waals surface area (Å²) in [4.78, 5) is 12.4. The van der Waals surface area contributed by atoms with Gasteiger partial charge < -0.3 is 5.32 Å². The van der Waals surface area contributed by atoms with Gasteiger partial charge in [0.2, 0.25) is 5.91 Å². The summed E-state index contributed by atoms with van der Waals surface area (Å²) in [7, 11) is 0. The second kappa shape index (κ2) is 7.85. The van der Waals surface area contributed by atoms with Gasteiger partial charge in [-0.2, -0.15) is 5.10 Å².